The number of benzene rings is 2. The molecular formula is C18H14ClNO4. The van der Waals surface area contributed by atoms with Crippen LogP contribution in [0.2, 0.25) is 5.02 Å². The minimum absolute atomic E-state index is 0.125. The minimum Gasteiger partial charge on any atom is -0.497 e. The van der Waals surface area contributed by atoms with Gasteiger partial charge in [-0.05, 0) is 30.3 Å². The molecule has 3 rings (SSSR count). The van der Waals surface area contributed by atoms with Gasteiger partial charge in [-0.2, -0.15) is 0 Å². The Balaban J connectivity index is 1.70. The summed E-state index contributed by atoms with van der Waals surface area (Å²) in [4.78, 5) is 12.2. The Morgan fingerprint density at radius 1 is 1.08 bits per heavy atom. The van der Waals surface area contributed by atoms with Crippen LogP contribution in [0.5, 0.6) is 17.4 Å². The number of ether oxygens (including phenoxy) is 2. The van der Waals surface area contributed by atoms with Gasteiger partial charge in [-0.3, -0.25) is 4.79 Å². The van der Waals surface area contributed by atoms with Crippen molar-refractivity contribution in [1.82, 2.24) is 0 Å². The van der Waals surface area contributed by atoms with Gasteiger partial charge in [-0.1, -0.05) is 29.8 Å². The van der Waals surface area contributed by atoms with Crippen molar-refractivity contribution in [1.29, 1.82) is 0 Å². The van der Waals surface area contributed by atoms with Crippen molar-refractivity contribution >= 4 is 23.2 Å². The summed E-state index contributed by atoms with van der Waals surface area (Å²) >= 11 is 6.02. The molecule has 6 heteroatoms. The number of nitrogens with one attached hydrogen (secondary N) is 1. The fourth-order valence-electron chi connectivity index (χ4n) is 2.03. The molecule has 0 aliphatic heterocycles. The van der Waals surface area contributed by atoms with Crippen LogP contribution in [0.1, 0.15) is 10.6 Å². The number of halogens is 1. The molecule has 1 heterocycles. The van der Waals surface area contributed by atoms with Crippen LogP contribution in [0.4, 0.5) is 5.69 Å². The summed E-state index contributed by atoms with van der Waals surface area (Å²) < 4.78 is 16.1. The molecule has 0 unspecified atom stereocenters. The summed E-state index contributed by atoms with van der Waals surface area (Å²) in [6.45, 7) is 0. The number of methoxy groups -OCH3 is 1. The molecule has 2 aromatic carbocycles. The average Bonchev–Trinajstić information content (AvgIpc) is 3.06. The van der Waals surface area contributed by atoms with E-state index < -0.39 is 5.91 Å². The van der Waals surface area contributed by atoms with E-state index in [9.17, 15) is 4.79 Å². The second-order valence-corrected chi connectivity index (χ2v) is 5.24. The molecule has 0 saturated carbocycles. The third kappa shape index (κ3) is 3.70. The van der Waals surface area contributed by atoms with Gasteiger partial charge in [0.2, 0.25) is 0 Å². The number of hydrogen-bond acceptors (Lipinski definition) is 4. The lowest BCUT2D eigenvalue weighted by molar-refractivity contribution is 0.0992. The van der Waals surface area contributed by atoms with Gasteiger partial charge in [0.15, 0.2) is 5.76 Å². The quantitative estimate of drug-likeness (QED) is 0.709. The van der Waals surface area contributed by atoms with E-state index in [0.717, 1.165) is 0 Å². The zero-order valence-corrected chi connectivity index (χ0v) is 13.5. The van der Waals surface area contributed by atoms with E-state index in [1.165, 1.54) is 6.07 Å². The number of furan rings is 1. The summed E-state index contributed by atoms with van der Waals surface area (Å²) in [5.41, 5.74) is 0.601. The maximum absolute atomic E-state index is 12.2. The first-order valence-electron chi connectivity index (χ1n) is 7.13. The standard InChI is InChI=1S/C18H14ClNO4/c1-22-13-6-4-5-12(11-13)20-18(21)16-9-10-17(24-16)23-15-8-3-2-7-14(15)19/h2-11H,1H3,(H,20,21). The number of anilines is 1. The van der Waals surface area contributed by atoms with E-state index in [1.54, 1.807) is 61.7 Å². The molecule has 3 aromatic rings. The summed E-state index contributed by atoms with van der Waals surface area (Å²) in [6, 6.07) is 17.1. The van der Waals surface area contributed by atoms with Crippen LogP contribution >= 0.6 is 11.6 Å². The second-order valence-electron chi connectivity index (χ2n) is 4.84. The molecule has 1 aromatic heterocycles. The Morgan fingerprint density at radius 2 is 1.92 bits per heavy atom. The van der Waals surface area contributed by atoms with Crippen LogP contribution < -0.4 is 14.8 Å². The number of rotatable bonds is 5. The number of para-hydroxylation sites is 1. The van der Waals surface area contributed by atoms with Gasteiger partial charge >= 0.3 is 0 Å². The number of carbonyl (C=O) groups excluding carboxylic acids is 1. The largest absolute Gasteiger partial charge is 0.497 e. The highest BCUT2D eigenvalue weighted by Gasteiger charge is 2.13. The first kappa shape index (κ1) is 16.0. The Bertz CT molecular complexity index is 859. The smallest absolute Gasteiger partial charge is 0.291 e. The van der Waals surface area contributed by atoms with E-state index in [-0.39, 0.29) is 11.7 Å². The summed E-state index contributed by atoms with van der Waals surface area (Å²) in [7, 11) is 1.56. The number of amides is 1. The monoisotopic (exact) mass is 343 g/mol. The zero-order valence-electron chi connectivity index (χ0n) is 12.8. The molecule has 0 bridgehead atoms. The number of hydrogen-bond donors (Lipinski definition) is 1. The molecular weight excluding hydrogens is 330 g/mol. The minimum atomic E-state index is -0.391. The van der Waals surface area contributed by atoms with Crippen LogP contribution in [-0.2, 0) is 0 Å². The fourth-order valence-corrected chi connectivity index (χ4v) is 2.20. The van der Waals surface area contributed by atoms with Gasteiger partial charge in [0.05, 0.1) is 12.1 Å². The molecule has 0 radical (unpaired) electrons. The van der Waals surface area contributed by atoms with Gasteiger partial charge in [0, 0.05) is 17.8 Å². The Morgan fingerprint density at radius 3 is 2.71 bits per heavy atom. The molecule has 0 aliphatic rings. The van der Waals surface area contributed by atoms with Gasteiger partial charge in [0.1, 0.15) is 11.5 Å². The van der Waals surface area contributed by atoms with Crippen LogP contribution in [0, 0.1) is 0 Å². The van der Waals surface area contributed by atoms with Crippen molar-refractivity contribution in [2.75, 3.05) is 12.4 Å². The van der Waals surface area contributed by atoms with Gasteiger partial charge in [-0.25, -0.2) is 0 Å². The van der Waals surface area contributed by atoms with Crippen molar-refractivity contribution in [3.8, 4) is 17.4 Å². The molecule has 1 N–H and O–H groups in total. The lowest BCUT2D eigenvalue weighted by atomic mass is 10.3. The fraction of sp³-hybridized carbons (Fsp3) is 0.0556. The van der Waals surface area contributed by atoms with Crippen molar-refractivity contribution in [2.45, 2.75) is 0 Å². The van der Waals surface area contributed by atoms with Crippen molar-refractivity contribution < 1.29 is 18.7 Å². The average molecular weight is 344 g/mol. The lowest BCUT2D eigenvalue weighted by Gasteiger charge is -2.06. The highest BCUT2D eigenvalue weighted by atomic mass is 35.5. The molecule has 0 saturated heterocycles. The summed E-state index contributed by atoms with van der Waals surface area (Å²) in [5, 5.41) is 3.18. The van der Waals surface area contributed by atoms with Crippen molar-refractivity contribution in [3.63, 3.8) is 0 Å². The van der Waals surface area contributed by atoms with Crippen LogP contribution in [0.15, 0.2) is 65.1 Å². The molecule has 5 nitrogen and oxygen atoms in total. The predicted octanol–water partition coefficient (Wildman–Crippen LogP) is 4.99. The van der Waals surface area contributed by atoms with Crippen molar-refractivity contribution in [3.05, 3.63) is 71.4 Å². The van der Waals surface area contributed by atoms with Gasteiger partial charge in [-0.15, -0.1) is 0 Å². The van der Waals surface area contributed by atoms with Gasteiger partial charge < -0.3 is 19.2 Å². The molecule has 0 aliphatic carbocycles. The zero-order chi connectivity index (χ0) is 16.9. The Hall–Kier alpha value is -2.92. The normalized spacial score (nSPS) is 10.2. The van der Waals surface area contributed by atoms with Gasteiger partial charge in [0.25, 0.3) is 11.9 Å². The van der Waals surface area contributed by atoms with Crippen LogP contribution in [0.3, 0.4) is 0 Å². The van der Waals surface area contributed by atoms with E-state index in [0.29, 0.717) is 22.2 Å². The van der Waals surface area contributed by atoms with Crippen molar-refractivity contribution in [2.24, 2.45) is 0 Å². The van der Waals surface area contributed by atoms with Crippen LogP contribution in [-0.4, -0.2) is 13.0 Å². The second kappa shape index (κ2) is 7.10. The first-order chi connectivity index (χ1) is 11.7. The first-order valence-corrected chi connectivity index (χ1v) is 7.51. The maximum atomic E-state index is 12.2. The SMILES string of the molecule is COc1cccc(NC(=O)c2ccc(Oc3ccccc3Cl)o2)c1. The van der Waals surface area contributed by atoms with E-state index in [4.69, 9.17) is 25.5 Å². The number of carbonyl (C=O) groups is 1. The van der Waals surface area contributed by atoms with E-state index in [2.05, 4.69) is 5.32 Å². The molecule has 24 heavy (non-hydrogen) atoms. The van der Waals surface area contributed by atoms with E-state index >= 15 is 0 Å². The predicted molar refractivity (Wildman–Crippen MR) is 91.2 cm³/mol. The third-order valence-corrected chi connectivity index (χ3v) is 3.49. The van der Waals surface area contributed by atoms with E-state index in [1.807, 2.05) is 0 Å². The molecule has 0 atom stereocenters. The third-order valence-electron chi connectivity index (χ3n) is 3.18. The molecule has 1 amide bonds. The molecule has 0 spiro atoms. The highest BCUT2D eigenvalue weighted by molar-refractivity contribution is 6.32. The molecule has 0 fully saturated rings. The Kier molecular flexibility index (Phi) is 4.72. The topological polar surface area (TPSA) is 60.7 Å². The summed E-state index contributed by atoms with van der Waals surface area (Å²) in [5.74, 6) is 1.01. The maximum Gasteiger partial charge on any atom is 0.291 e. The highest BCUT2D eigenvalue weighted by Crippen LogP contribution is 2.30. The Labute approximate surface area is 143 Å². The summed E-state index contributed by atoms with van der Waals surface area (Å²) in [6.07, 6.45) is 0. The molecule has 122 valence electrons. The van der Waals surface area contributed by atoms with Crippen LogP contribution in [0.25, 0.3) is 0 Å². The lowest BCUT2D eigenvalue weighted by Crippen LogP contribution is -2.10.